The van der Waals surface area contributed by atoms with Crippen molar-refractivity contribution in [3.8, 4) is 0 Å². The lowest BCUT2D eigenvalue weighted by molar-refractivity contribution is -0.127. The van der Waals surface area contributed by atoms with E-state index in [-0.39, 0.29) is 23.6 Å². The number of benzene rings is 2. The van der Waals surface area contributed by atoms with Crippen LogP contribution in [-0.2, 0) is 4.79 Å². The summed E-state index contributed by atoms with van der Waals surface area (Å²) in [6, 6.07) is 13.5. The average Bonchev–Trinajstić information content (AvgIpc) is 2.98. The summed E-state index contributed by atoms with van der Waals surface area (Å²) in [5.41, 5.74) is 7.32. The quantitative estimate of drug-likeness (QED) is 0.864. The molecule has 0 aromatic heterocycles. The van der Waals surface area contributed by atoms with Crippen LogP contribution in [0.3, 0.4) is 0 Å². The van der Waals surface area contributed by atoms with Crippen LogP contribution in [0.2, 0.25) is 0 Å². The van der Waals surface area contributed by atoms with Crippen LogP contribution in [0.15, 0.2) is 53.4 Å². The predicted octanol–water partition coefficient (Wildman–Crippen LogP) is 3.01. The van der Waals surface area contributed by atoms with Gasteiger partial charge in [-0.1, -0.05) is 30.3 Å². The SMILES string of the molecule is N[C@@H]1CN(C(=O)CSc2ccc(F)c(F)c2)C[C@H]1c1ccccc1. The molecule has 2 aromatic carbocycles. The summed E-state index contributed by atoms with van der Waals surface area (Å²) in [6.07, 6.45) is 0. The summed E-state index contributed by atoms with van der Waals surface area (Å²) in [6.45, 7) is 1.10. The monoisotopic (exact) mass is 348 g/mol. The number of carbonyl (C=O) groups excluding carboxylic acids is 1. The third kappa shape index (κ3) is 3.76. The molecule has 0 bridgehead atoms. The summed E-state index contributed by atoms with van der Waals surface area (Å²) in [4.78, 5) is 14.7. The number of hydrogen-bond donors (Lipinski definition) is 1. The molecule has 0 radical (unpaired) electrons. The molecule has 0 saturated carbocycles. The number of amides is 1. The van der Waals surface area contributed by atoms with E-state index in [0.29, 0.717) is 18.0 Å². The third-order valence-electron chi connectivity index (χ3n) is 4.20. The van der Waals surface area contributed by atoms with E-state index in [4.69, 9.17) is 5.73 Å². The minimum atomic E-state index is -0.903. The molecule has 0 unspecified atom stereocenters. The Labute approximate surface area is 143 Å². The van der Waals surface area contributed by atoms with Gasteiger partial charge in [-0.3, -0.25) is 4.79 Å². The lowest BCUT2D eigenvalue weighted by Gasteiger charge is -2.16. The minimum absolute atomic E-state index is 0.0429. The van der Waals surface area contributed by atoms with Crippen LogP contribution in [0.25, 0.3) is 0 Å². The third-order valence-corrected chi connectivity index (χ3v) is 5.18. The second-order valence-electron chi connectivity index (χ2n) is 5.84. The van der Waals surface area contributed by atoms with Crippen molar-refractivity contribution in [1.29, 1.82) is 0 Å². The molecular weight excluding hydrogens is 330 g/mol. The van der Waals surface area contributed by atoms with Crippen molar-refractivity contribution >= 4 is 17.7 Å². The summed E-state index contributed by atoms with van der Waals surface area (Å²) < 4.78 is 26.1. The largest absolute Gasteiger partial charge is 0.340 e. The Balaban J connectivity index is 1.59. The number of hydrogen-bond acceptors (Lipinski definition) is 3. The Bertz CT molecular complexity index is 726. The average molecular weight is 348 g/mol. The molecule has 2 aromatic rings. The van der Waals surface area contributed by atoms with Gasteiger partial charge < -0.3 is 10.6 Å². The van der Waals surface area contributed by atoms with Gasteiger partial charge in [0.15, 0.2) is 11.6 Å². The van der Waals surface area contributed by atoms with Crippen molar-refractivity contribution < 1.29 is 13.6 Å². The number of likely N-dealkylation sites (tertiary alicyclic amines) is 1. The second-order valence-corrected chi connectivity index (χ2v) is 6.89. The van der Waals surface area contributed by atoms with Crippen molar-refractivity contribution in [3.05, 3.63) is 65.7 Å². The maximum absolute atomic E-state index is 13.2. The van der Waals surface area contributed by atoms with Crippen molar-refractivity contribution in [2.75, 3.05) is 18.8 Å². The van der Waals surface area contributed by atoms with Gasteiger partial charge in [-0.25, -0.2) is 8.78 Å². The van der Waals surface area contributed by atoms with Crippen LogP contribution in [0, 0.1) is 11.6 Å². The molecule has 1 aliphatic heterocycles. The molecule has 1 heterocycles. The van der Waals surface area contributed by atoms with Gasteiger partial charge in [0, 0.05) is 29.9 Å². The lowest BCUT2D eigenvalue weighted by Crippen LogP contribution is -2.33. The molecule has 1 fully saturated rings. The Morgan fingerprint density at radius 2 is 1.88 bits per heavy atom. The fraction of sp³-hybridized carbons (Fsp3) is 0.278. The van der Waals surface area contributed by atoms with Crippen molar-refractivity contribution in [3.63, 3.8) is 0 Å². The molecule has 3 rings (SSSR count). The van der Waals surface area contributed by atoms with Gasteiger partial charge in [0.05, 0.1) is 5.75 Å². The molecule has 1 saturated heterocycles. The molecule has 126 valence electrons. The van der Waals surface area contributed by atoms with Crippen LogP contribution in [0.4, 0.5) is 8.78 Å². The lowest BCUT2D eigenvalue weighted by atomic mass is 9.95. The van der Waals surface area contributed by atoms with E-state index in [0.717, 1.165) is 17.7 Å². The van der Waals surface area contributed by atoms with Crippen LogP contribution in [-0.4, -0.2) is 35.7 Å². The van der Waals surface area contributed by atoms with Crippen LogP contribution >= 0.6 is 11.8 Å². The van der Waals surface area contributed by atoms with Gasteiger partial charge in [-0.05, 0) is 23.8 Å². The summed E-state index contributed by atoms with van der Waals surface area (Å²) in [5, 5.41) is 0. The van der Waals surface area contributed by atoms with Gasteiger partial charge in [0.25, 0.3) is 0 Å². The molecule has 0 spiro atoms. The number of halogens is 2. The molecule has 6 heteroatoms. The van der Waals surface area contributed by atoms with E-state index >= 15 is 0 Å². The predicted molar refractivity (Wildman–Crippen MR) is 90.8 cm³/mol. The van der Waals surface area contributed by atoms with E-state index in [9.17, 15) is 13.6 Å². The number of thioether (sulfide) groups is 1. The zero-order valence-electron chi connectivity index (χ0n) is 13.0. The highest BCUT2D eigenvalue weighted by atomic mass is 32.2. The van der Waals surface area contributed by atoms with Gasteiger partial charge in [-0.15, -0.1) is 11.8 Å². The fourth-order valence-electron chi connectivity index (χ4n) is 2.89. The normalized spacial score (nSPS) is 20.4. The fourth-order valence-corrected chi connectivity index (χ4v) is 3.71. The topological polar surface area (TPSA) is 46.3 Å². The highest BCUT2D eigenvalue weighted by molar-refractivity contribution is 8.00. The van der Waals surface area contributed by atoms with E-state index < -0.39 is 11.6 Å². The molecule has 2 atom stereocenters. The van der Waals surface area contributed by atoms with Crippen LogP contribution < -0.4 is 5.73 Å². The molecule has 1 amide bonds. The van der Waals surface area contributed by atoms with Crippen molar-refractivity contribution in [1.82, 2.24) is 4.90 Å². The smallest absolute Gasteiger partial charge is 0.233 e. The highest BCUT2D eigenvalue weighted by Gasteiger charge is 2.33. The standard InChI is InChI=1S/C18H18F2N2OS/c19-15-7-6-13(8-16(15)20)24-11-18(23)22-9-14(17(21)10-22)12-4-2-1-3-5-12/h1-8,14,17H,9-11,21H2/t14-,17+/m0/s1. The number of nitrogens with two attached hydrogens (primary N) is 1. The zero-order chi connectivity index (χ0) is 17.1. The first kappa shape index (κ1) is 16.9. The van der Waals surface area contributed by atoms with Crippen molar-refractivity contribution in [2.45, 2.75) is 16.9 Å². The Morgan fingerprint density at radius 3 is 2.58 bits per heavy atom. The number of carbonyl (C=O) groups is 1. The molecule has 24 heavy (non-hydrogen) atoms. The van der Waals surface area contributed by atoms with E-state index in [1.165, 1.54) is 17.8 Å². The summed E-state index contributed by atoms with van der Waals surface area (Å²) in [5.74, 6) is -1.53. The number of rotatable bonds is 4. The van der Waals surface area contributed by atoms with E-state index in [2.05, 4.69) is 0 Å². The summed E-state index contributed by atoms with van der Waals surface area (Å²) in [7, 11) is 0. The minimum Gasteiger partial charge on any atom is -0.340 e. The van der Waals surface area contributed by atoms with Gasteiger partial charge >= 0.3 is 0 Å². The summed E-state index contributed by atoms with van der Waals surface area (Å²) >= 11 is 1.20. The zero-order valence-corrected chi connectivity index (χ0v) is 13.8. The van der Waals surface area contributed by atoms with Gasteiger partial charge in [0.1, 0.15) is 0 Å². The second kappa shape index (κ2) is 7.32. The maximum atomic E-state index is 13.2. The van der Waals surface area contributed by atoms with Gasteiger partial charge in [0.2, 0.25) is 5.91 Å². The first-order valence-electron chi connectivity index (χ1n) is 7.71. The van der Waals surface area contributed by atoms with E-state index in [1.807, 2.05) is 30.3 Å². The Kier molecular flexibility index (Phi) is 5.16. The molecule has 1 aliphatic rings. The Hall–Kier alpha value is -1.92. The molecule has 3 nitrogen and oxygen atoms in total. The van der Waals surface area contributed by atoms with Crippen LogP contribution in [0.1, 0.15) is 11.5 Å². The Morgan fingerprint density at radius 1 is 1.12 bits per heavy atom. The molecular formula is C18H18F2N2OS. The number of nitrogens with zero attached hydrogens (tertiary/aromatic N) is 1. The highest BCUT2D eigenvalue weighted by Crippen LogP contribution is 2.28. The molecule has 2 N–H and O–H groups in total. The van der Waals surface area contributed by atoms with Gasteiger partial charge in [-0.2, -0.15) is 0 Å². The van der Waals surface area contributed by atoms with E-state index in [1.54, 1.807) is 4.90 Å². The van der Waals surface area contributed by atoms with Crippen LogP contribution in [0.5, 0.6) is 0 Å². The van der Waals surface area contributed by atoms with Crippen molar-refractivity contribution in [2.24, 2.45) is 5.73 Å². The first-order chi connectivity index (χ1) is 11.5. The first-order valence-corrected chi connectivity index (χ1v) is 8.69. The molecule has 0 aliphatic carbocycles. The maximum Gasteiger partial charge on any atom is 0.233 e.